The summed E-state index contributed by atoms with van der Waals surface area (Å²) < 4.78 is 38.5. The summed E-state index contributed by atoms with van der Waals surface area (Å²) in [5, 5.41) is 5.98. The fraction of sp³-hybridized carbons (Fsp3) is 0.562. The molecule has 0 bridgehead atoms. The molecular formula is C16H23N3O5S. The average Bonchev–Trinajstić information content (AvgIpc) is 2.96. The molecule has 1 aromatic rings. The van der Waals surface area contributed by atoms with Crippen LogP contribution in [-0.4, -0.2) is 52.7 Å². The van der Waals surface area contributed by atoms with Gasteiger partial charge in [-0.05, 0) is 32.0 Å². The van der Waals surface area contributed by atoms with Gasteiger partial charge in [0.05, 0.1) is 24.2 Å². The van der Waals surface area contributed by atoms with Gasteiger partial charge in [0.25, 0.3) is 0 Å². The van der Waals surface area contributed by atoms with Gasteiger partial charge in [0, 0.05) is 25.1 Å². The van der Waals surface area contributed by atoms with Gasteiger partial charge in [-0.15, -0.1) is 0 Å². The van der Waals surface area contributed by atoms with E-state index in [2.05, 4.69) is 15.4 Å². The lowest BCUT2D eigenvalue weighted by molar-refractivity contribution is -0.122. The topological polar surface area (TPSA) is 106 Å². The first-order valence-electron chi connectivity index (χ1n) is 8.39. The molecule has 1 aromatic carbocycles. The molecule has 2 heterocycles. The quantitative estimate of drug-likeness (QED) is 0.674. The van der Waals surface area contributed by atoms with Gasteiger partial charge in [0.15, 0.2) is 11.5 Å². The van der Waals surface area contributed by atoms with Gasteiger partial charge in [-0.3, -0.25) is 4.79 Å². The minimum Gasteiger partial charge on any atom is -0.490 e. The zero-order valence-electron chi connectivity index (χ0n) is 14.1. The summed E-state index contributed by atoms with van der Waals surface area (Å²) >= 11 is 0. The number of fused-ring (bicyclic) bond motifs is 1. The molecule has 2 aliphatic rings. The average molecular weight is 369 g/mol. The minimum atomic E-state index is -3.85. The summed E-state index contributed by atoms with van der Waals surface area (Å²) in [6.07, 6.45) is 1.58. The summed E-state index contributed by atoms with van der Waals surface area (Å²) in [5.74, 6) is 0.581. The van der Waals surface area contributed by atoms with Gasteiger partial charge in [-0.2, -0.15) is 4.72 Å². The highest BCUT2D eigenvalue weighted by molar-refractivity contribution is 7.89. The molecule has 1 amide bonds. The highest BCUT2D eigenvalue weighted by atomic mass is 32.2. The maximum Gasteiger partial charge on any atom is 0.241 e. The largest absolute Gasteiger partial charge is 0.490 e. The number of carbonyl (C=O) groups is 1. The van der Waals surface area contributed by atoms with E-state index in [0.717, 1.165) is 19.4 Å². The van der Waals surface area contributed by atoms with E-state index >= 15 is 0 Å². The minimum absolute atomic E-state index is 0.0393. The summed E-state index contributed by atoms with van der Waals surface area (Å²) in [6, 6.07) is 3.61. The summed E-state index contributed by atoms with van der Waals surface area (Å²) in [5.41, 5.74) is 0. The molecule has 0 aromatic heterocycles. The molecule has 0 saturated carbocycles. The Labute approximate surface area is 147 Å². The van der Waals surface area contributed by atoms with Crippen molar-refractivity contribution in [1.82, 2.24) is 15.4 Å². The first-order chi connectivity index (χ1) is 12.0. The van der Waals surface area contributed by atoms with Crippen molar-refractivity contribution in [2.45, 2.75) is 36.7 Å². The lowest BCUT2D eigenvalue weighted by Crippen LogP contribution is -2.48. The van der Waals surface area contributed by atoms with Crippen LogP contribution in [0.4, 0.5) is 0 Å². The second-order valence-corrected chi connectivity index (χ2v) is 7.91. The fourth-order valence-electron chi connectivity index (χ4n) is 2.77. The highest BCUT2D eigenvalue weighted by Crippen LogP contribution is 2.31. The van der Waals surface area contributed by atoms with Gasteiger partial charge in [-0.1, -0.05) is 0 Å². The first kappa shape index (κ1) is 18.0. The molecular weight excluding hydrogens is 346 g/mol. The smallest absolute Gasteiger partial charge is 0.241 e. The maximum absolute atomic E-state index is 12.6. The molecule has 3 rings (SSSR count). The lowest BCUT2D eigenvalue weighted by atomic mass is 10.2. The second kappa shape index (κ2) is 7.59. The first-order valence-corrected chi connectivity index (χ1v) is 9.87. The third-order valence-electron chi connectivity index (χ3n) is 4.16. The molecule has 1 saturated heterocycles. The van der Waals surface area contributed by atoms with Crippen molar-refractivity contribution in [1.29, 1.82) is 0 Å². The Kier molecular flexibility index (Phi) is 5.45. The van der Waals surface area contributed by atoms with Crippen molar-refractivity contribution in [3.05, 3.63) is 18.2 Å². The molecule has 138 valence electrons. The van der Waals surface area contributed by atoms with Crippen molar-refractivity contribution in [2.75, 3.05) is 26.3 Å². The number of benzene rings is 1. The fourth-order valence-corrected chi connectivity index (χ4v) is 3.99. The molecule has 3 N–H and O–H groups in total. The van der Waals surface area contributed by atoms with Crippen LogP contribution in [0.25, 0.3) is 0 Å². The molecule has 1 fully saturated rings. The number of hydrogen-bond donors (Lipinski definition) is 3. The normalized spacial score (nSPS) is 21.4. The van der Waals surface area contributed by atoms with Crippen molar-refractivity contribution < 1.29 is 22.7 Å². The standard InChI is InChI=1S/C16H23N3O5S/c1-11(16(20)18-12-5-6-17-10-12)19-25(21,22)13-3-4-14-15(9-13)24-8-2-7-23-14/h3-4,9,11-12,17,19H,2,5-8,10H2,1H3,(H,18,20). The number of ether oxygens (including phenoxy) is 2. The van der Waals surface area contributed by atoms with E-state index in [1.54, 1.807) is 6.07 Å². The molecule has 0 aliphatic carbocycles. The Morgan fingerprint density at radius 1 is 1.28 bits per heavy atom. The second-order valence-electron chi connectivity index (χ2n) is 6.20. The number of sulfonamides is 1. The Bertz CT molecular complexity index is 731. The lowest BCUT2D eigenvalue weighted by Gasteiger charge is -2.18. The van der Waals surface area contributed by atoms with Crippen molar-refractivity contribution in [2.24, 2.45) is 0 Å². The van der Waals surface area contributed by atoms with Gasteiger partial charge >= 0.3 is 0 Å². The van der Waals surface area contributed by atoms with Crippen molar-refractivity contribution in [3.63, 3.8) is 0 Å². The third kappa shape index (κ3) is 4.42. The summed E-state index contributed by atoms with van der Waals surface area (Å²) in [7, 11) is -3.85. The molecule has 2 atom stereocenters. The summed E-state index contributed by atoms with van der Waals surface area (Å²) in [4.78, 5) is 12.2. The SMILES string of the molecule is CC(NS(=O)(=O)c1ccc2c(c1)OCCCO2)C(=O)NC1CCNC1. The highest BCUT2D eigenvalue weighted by Gasteiger charge is 2.26. The van der Waals surface area contributed by atoms with E-state index in [0.29, 0.717) is 31.3 Å². The van der Waals surface area contributed by atoms with Crippen LogP contribution >= 0.6 is 0 Å². The van der Waals surface area contributed by atoms with E-state index < -0.39 is 16.1 Å². The Morgan fingerprint density at radius 3 is 2.76 bits per heavy atom. The molecule has 0 spiro atoms. The number of rotatable bonds is 5. The number of carbonyl (C=O) groups excluding carboxylic acids is 1. The number of amides is 1. The summed E-state index contributed by atoms with van der Waals surface area (Å²) in [6.45, 7) is 4.08. The van der Waals surface area contributed by atoms with E-state index in [1.807, 2.05) is 0 Å². The zero-order chi connectivity index (χ0) is 17.9. The predicted molar refractivity (Wildman–Crippen MR) is 91.2 cm³/mol. The van der Waals surface area contributed by atoms with Crippen LogP contribution < -0.4 is 24.8 Å². The molecule has 9 heteroatoms. The van der Waals surface area contributed by atoms with Gasteiger partial charge in [-0.25, -0.2) is 8.42 Å². The van der Waals surface area contributed by atoms with Crippen LogP contribution in [0.15, 0.2) is 23.1 Å². The van der Waals surface area contributed by atoms with Crippen LogP contribution in [0.2, 0.25) is 0 Å². The third-order valence-corrected chi connectivity index (χ3v) is 5.70. The zero-order valence-corrected chi connectivity index (χ0v) is 14.9. The van der Waals surface area contributed by atoms with Crippen LogP contribution in [0.1, 0.15) is 19.8 Å². The molecule has 8 nitrogen and oxygen atoms in total. The van der Waals surface area contributed by atoms with Gasteiger partial charge in [0.1, 0.15) is 0 Å². The van der Waals surface area contributed by atoms with E-state index in [-0.39, 0.29) is 16.8 Å². The van der Waals surface area contributed by atoms with E-state index in [4.69, 9.17) is 9.47 Å². The molecule has 25 heavy (non-hydrogen) atoms. The maximum atomic E-state index is 12.6. The number of hydrogen-bond acceptors (Lipinski definition) is 6. The van der Waals surface area contributed by atoms with Gasteiger partial charge < -0.3 is 20.1 Å². The monoisotopic (exact) mass is 369 g/mol. The molecule has 0 radical (unpaired) electrons. The predicted octanol–water partition coefficient (Wildman–Crippen LogP) is -0.00720. The van der Waals surface area contributed by atoms with Crippen LogP contribution in [0.3, 0.4) is 0 Å². The van der Waals surface area contributed by atoms with Crippen LogP contribution in [0, 0.1) is 0 Å². The Balaban J connectivity index is 1.68. The number of nitrogens with one attached hydrogen (secondary N) is 3. The van der Waals surface area contributed by atoms with Crippen LogP contribution in [-0.2, 0) is 14.8 Å². The molecule has 2 aliphatic heterocycles. The molecule has 2 unspecified atom stereocenters. The van der Waals surface area contributed by atoms with Crippen molar-refractivity contribution >= 4 is 15.9 Å². The van der Waals surface area contributed by atoms with Gasteiger partial charge in [0.2, 0.25) is 15.9 Å². The van der Waals surface area contributed by atoms with E-state index in [9.17, 15) is 13.2 Å². The van der Waals surface area contributed by atoms with Crippen molar-refractivity contribution in [3.8, 4) is 11.5 Å². The van der Waals surface area contributed by atoms with E-state index in [1.165, 1.54) is 19.1 Å². The Hall–Kier alpha value is -1.84. The van der Waals surface area contributed by atoms with Crippen LogP contribution in [0.5, 0.6) is 11.5 Å². The Morgan fingerprint density at radius 2 is 2.04 bits per heavy atom.